The van der Waals surface area contributed by atoms with Crippen LogP contribution >= 0.6 is 0 Å². The van der Waals surface area contributed by atoms with Crippen molar-refractivity contribution in [2.24, 2.45) is 0 Å². The number of unbranched alkanes of at least 4 members (excludes halogenated alkanes) is 1. The summed E-state index contributed by atoms with van der Waals surface area (Å²) >= 11 is 0. The monoisotopic (exact) mass is 386 g/mol. The number of amides is 2. The van der Waals surface area contributed by atoms with E-state index in [0.717, 1.165) is 37.8 Å². The molecule has 0 radical (unpaired) electrons. The van der Waals surface area contributed by atoms with Gasteiger partial charge < -0.3 is 25.1 Å². The second-order valence-corrected chi connectivity index (χ2v) is 6.67. The number of hydrogen-bond donors (Lipinski definition) is 3. The highest BCUT2D eigenvalue weighted by Gasteiger charge is 2.22. The summed E-state index contributed by atoms with van der Waals surface area (Å²) < 4.78 is 10.5. The van der Waals surface area contributed by atoms with Gasteiger partial charge in [-0.15, -0.1) is 0 Å². The van der Waals surface area contributed by atoms with Gasteiger partial charge in [0, 0.05) is 13.1 Å². The van der Waals surface area contributed by atoms with Crippen LogP contribution in [0.4, 0.5) is 4.79 Å². The van der Waals surface area contributed by atoms with Gasteiger partial charge in [-0.25, -0.2) is 9.78 Å². The molecule has 1 unspecified atom stereocenters. The summed E-state index contributed by atoms with van der Waals surface area (Å²) in [6.45, 7) is 2.19. The Balaban J connectivity index is 1.24. The molecule has 0 saturated carbocycles. The van der Waals surface area contributed by atoms with Gasteiger partial charge in [0.2, 0.25) is 5.89 Å². The Bertz CT molecular complexity index is 757. The van der Waals surface area contributed by atoms with E-state index >= 15 is 0 Å². The van der Waals surface area contributed by atoms with E-state index < -0.39 is 6.09 Å². The number of oxazole rings is 1. The molecule has 2 amide bonds. The zero-order valence-corrected chi connectivity index (χ0v) is 15.8. The molecular weight excluding hydrogens is 360 g/mol. The zero-order chi connectivity index (χ0) is 19.6. The summed E-state index contributed by atoms with van der Waals surface area (Å²) in [7, 11) is 0. The predicted octanol–water partition coefficient (Wildman–Crippen LogP) is 2.54. The van der Waals surface area contributed by atoms with Crippen LogP contribution in [0.25, 0.3) is 0 Å². The maximum Gasteiger partial charge on any atom is 0.407 e. The van der Waals surface area contributed by atoms with E-state index in [1.165, 1.54) is 6.26 Å². The van der Waals surface area contributed by atoms with Gasteiger partial charge in [-0.1, -0.05) is 30.3 Å². The molecule has 8 nitrogen and oxygen atoms in total. The Morgan fingerprint density at radius 2 is 1.96 bits per heavy atom. The molecule has 1 aromatic heterocycles. The summed E-state index contributed by atoms with van der Waals surface area (Å²) in [5.74, 6) is 0.323. The molecule has 1 aromatic carbocycles. The van der Waals surface area contributed by atoms with Gasteiger partial charge in [-0.2, -0.15) is 0 Å². The molecule has 0 spiro atoms. The van der Waals surface area contributed by atoms with E-state index in [9.17, 15) is 9.59 Å². The highest BCUT2D eigenvalue weighted by Crippen LogP contribution is 2.22. The van der Waals surface area contributed by atoms with Crippen LogP contribution in [0, 0.1) is 0 Å². The number of carbonyl (C=O) groups is 2. The number of carbonyl (C=O) groups excluding carboxylic acids is 2. The van der Waals surface area contributed by atoms with Crippen molar-refractivity contribution < 1.29 is 18.7 Å². The number of alkyl carbamates (subject to hydrolysis) is 1. The third-order valence-corrected chi connectivity index (χ3v) is 4.48. The van der Waals surface area contributed by atoms with Crippen LogP contribution in [-0.4, -0.2) is 36.6 Å². The number of nitrogens with one attached hydrogen (secondary N) is 3. The largest absolute Gasteiger partial charge is 0.446 e. The molecule has 1 fully saturated rings. The van der Waals surface area contributed by atoms with Crippen molar-refractivity contribution in [3.05, 3.63) is 53.7 Å². The molecule has 2 heterocycles. The first-order chi connectivity index (χ1) is 13.7. The van der Waals surface area contributed by atoms with Crippen LogP contribution < -0.4 is 16.0 Å². The topological polar surface area (TPSA) is 105 Å². The smallest absolute Gasteiger partial charge is 0.407 e. The summed E-state index contributed by atoms with van der Waals surface area (Å²) in [5, 5.41) is 8.80. The van der Waals surface area contributed by atoms with Crippen molar-refractivity contribution >= 4 is 12.0 Å². The Morgan fingerprint density at radius 1 is 1.18 bits per heavy atom. The Kier molecular flexibility index (Phi) is 7.43. The van der Waals surface area contributed by atoms with Gasteiger partial charge in [0.1, 0.15) is 12.9 Å². The maximum atomic E-state index is 12.1. The van der Waals surface area contributed by atoms with Crippen LogP contribution in [0.1, 0.15) is 53.7 Å². The fourth-order valence-corrected chi connectivity index (χ4v) is 2.95. The Labute approximate surface area is 164 Å². The lowest BCUT2D eigenvalue weighted by Gasteiger charge is -2.07. The third-order valence-electron chi connectivity index (χ3n) is 4.48. The first-order valence-electron chi connectivity index (χ1n) is 9.64. The minimum absolute atomic E-state index is 0.106. The molecule has 1 atom stereocenters. The van der Waals surface area contributed by atoms with Crippen LogP contribution in [0.3, 0.4) is 0 Å². The summed E-state index contributed by atoms with van der Waals surface area (Å²) in [6.07, 6.45) is 4.49. The molecule has 28 heavy (non-hydrogen) atoms. The molecule has 0 aliphatic carbocycles. The number of hydrogen-bond acceptors (Lipinski definition) is 6. The molecule has 150 valence electrons. The van der Waals surface area contributed by atoms with Crippen molar-refractivity contribution in [3.8, 4) is 0 Å². The molecule has 3 N–H and O–H groups in total. The van der Waals surface area contributed by atoms with E-state index in [2.05, 4.69) is 20.9 Å². The minimum atomic E-state index is -0.441. The number of nitrogens with zero attached hydrogens (tertiary/aromatic N) is 1. The van der Waals surface area contributed by atoms with Crippen molar-refractivity contribution in [2.75, 3.05) is 19.6 Å². The molecule has 2 aromatic rings. The Morgan fingerprint density at radius 3 is 2.71 bits per heavy atom. The lowest BCUT2D eigenvalue weighted by Crippen LogP contribution is -2.28. The first-order valence-corrected chi connectivity index (χ1v) is 9.64. The van der Waals surface area contributed by atoms with Crippen molar-refractivity contribution in [2.45, 2.75) is 38.3 Å². The quantitative estimate of drug-likeness (QED) is 0.572. The molecule has 8 heteroatoms. The highest BCUT2D eigenvalue weighted by molar-refractivity contribution is 5.91. The average molecular weight is 386 g/mol. The molecule has 1 saturated heterocycles. The van der Waals surface area contributed by atoms with Crippen LogP contribution in [0.2, 0.25) is 0 Å². The predicted molar refractivity (Wildman–Crippen MR) is 103 cm³/mol. The van der Waals surface area contributed by atoms with E-state index in [4.69, 9.17) is 9.15 Å². The second-order valence-electron chi connectivity index (χ2n) is 6.67. The van der Waals surface area contributed by atoms with Crippen molar-refractivity contribution in [1.29, 1.82) is 0 Å². The van der Waals surface area contributed by atoms with Gasteiger partial charge in [-0.3, -0.25) is 4.79 Å². The fraction of sp³-hybridized carbons (Fsp3) is 0.450. The average Bonchev–Trinajstić information content (AvgIpc) is 3.41. The van der Waals surface area contributed by atoms with E-state index in [-0.39, 0.29) is 18.6 Å². The fourth-order valence-electron chi connectivity index (χ4n) is 2.95. The lowest BCUT2D eigenvalue weighted by molar-refractivity contribution is 0.0947. The number of ether oxygens (including phenoxy) is 1. The number of rotatable bonds is 9. The number of aromatic nitrogens is 1. The molecular formula is C20H26N4O4. The van der Waals surface area contributed by atoms with Gasteiger partial charge in [0.05, 0.1) is 6.04 Å². The summed E-state index contributed by atoms with van der Waals surface area (Å²) in [5.41, 5.74) is 1.24. The Hall–Kier alpha value is -2.87. The van der Waals surface area contributed by atoms with Crippen molar-refractivity contribution in [3.63, 3.8) is 0 Å². The van der Waals surface area contributed by atoms with Crippen LogP contribution in [-0.2, 0) is 11.3 Å². The molecule has 3 rings (SSSR count). The first kappa shape index (κ1) is 19.9. The van der Waals surface area contributed by atoms with Crippen LogP contribution in [0.5, 0.6) is 0 Å². The lowest BCUT2D eigenvalue weighted by atomic mass is 10.2. The summed E-state index contributed by atoms with van der Waals surface area (Å²) in [6, 6.07) is 9.62. The van der Waals surface area contributed by atoms with Gasteiger partial charge in [0.25, 0.3) is 5.91 Å². The van der Waals surface area contributed by atoms with Gasteiger partial charge >= 0.3 is 6.09 Å². The van der Waals surface area contributed by atoms with E-state index in [1.54, 1.807) is 0 Å². The van der Waals surface area contributed by atoms with Crippen molar-refractivity contribution in [1.82, 2.24) is 20.9 Å². The third kappa shape index (κ3) is 6.09. The highest BCUT2D eigenvalue weighted by atomic mass is 16.5. The summed E-state index contributed by atoms with van der Waals surface area (Å²) in [4.78, 5) is 28.0. The standard InChI is InChI=1S/C20H26N4O4/c25-18(17-14-27-19(24-17)16-9-6-12-21-16)22-10-4-5-11-23-20(26)28-13-15-7-2-1-3-8-15/h1-3,7-8,14,16,21H,4-6,9-13H2,(H,22,25)(H,23,26). The molecule has 1 aliphatic heterocycles. The molecule has 1 aliphatic rings. The van der Waals surface area contributed by atoms with E-state index in [0.29, 0.717) is 24.7 Å². The van der Waals surface area contributed by atoms with Gasteiger partial charge in [-0.05, 0) is 37.8 Å². The minimum Gasteiger partial charge on any atom is -0.446 e. The SMILES string of the molecule is O=C(NCCCCNC(=O)c1coc(C2CCCN2)n1)OCc1ccccc1. The van der Waals surface area contributed by atoms with Gasteiger partial charge in [0.15, 0.2) is 5.69 Å². The number of benzene rings is 1. The molecule has 0 bridgehead atoms. The van der Waals surface area contributed by atoms with Crippen LogP contribution in [0.15, 0.2) is 41.0 Å². The zero-order valence-electron chi connectivity index (χ0n) is 15.8. The normalized spacial score (nSPS) is 15.9. The van der Waals surface area contributed by atoms with E-state index in [1.807, 2.05) is 30.3 Å². The maximum absolute atomic E-state index is 12.1. The second kappa shape index (κ2) is 10.5.